The van der Waals surface area contributed by atoms with Crippen LogP contribution in [0.25, 0.3) is 0 Å². The van der Waals surface area contributed by atoms with Crippen LogP contribution in [-0.4, -0.2) is 39.2 Å². The van der Waals surface area contributed by atoms with Crippen molar-refractivity contribution in [2.24, 2.45) is 5.41 Å². The van der Waals surface area contributed by atoms with Crippen molar-refractivity contribution in [3.8, 4) is 0 Å². The summed E-state index contributed by atoms with van der Waals surface area (Å²) < 4.78 is 0. The summed E-state index contributed by atoms with van der Waals surface area (Å²) in [6, 6.07) is -1.04. The van der Waals surface area contributed by atoms with Crippen LogP contribution in [0, 0.1) is 5.41 Å². The van der Waals surface area contributed by atoms with Crippen LogP contribution in [0.4, 0.5) is 0 Å². The van der Waals surface area contributed by atoms with Crippen molar-refractivity contribution >= 4 is 35.2 Å². The van der Waals surface area contributed by atoms with Gasteiger partial charge in [-0.3, -0.25) is 4.79 Å². The van der Waals surface area contributed by atoms with Gasteiger partial charge in [0.1, 0.15) is 6.04 Å². The van der Waals surface area contributed by atoms with Crippen molar-refractivity contribution in [3.05, 3.63) is 16.9 Å². The summed E-state index contributed by atoms with van der Waals surface area (Å²) in [7, 11) is 0. The lowest BCUT2D eigenvalue weighted by atomic mass is 9.86. The van der Waals surface area contributed by atoms with E-state index in [1.54, 1.807) is 27.0 Å². The number of hydrogen-bond donors (Lipinski definition) is 2. The van der Waals surface area contributed by atoms with E-state index in [0.29, 0.717) is 5.16 Å². The molecule has 0 unspecified atom stereocenters. The molecule has 1 heterocycles. The van der Waals surface area contributed by atoms with E-state index in [4.69, 9.17) is 11.6 Å². The quantitative estimate of drug-likeness (QED) is 0.652. The van der Waals surface area contributed by atoms with E-state index in [9.17, 15) is 14.7 Å². The molecule has 1 atom stereocenters. The number of nitrogens with zero attached hydrogens (tertiary/aromatic N) is 2. The van der Waals surface area contributed by atoms with Crippen LogP contribution in [0.2, 0.25) is 5.02 Å². The van der Waals surface area contributed by atoms with Crippen molar-refractivity contribution in [2.75, 3.05) is 6.26 Å². The molecule has 1 rings (SSSR count). The topological polar surface area (TPSA) is 92.2 Å². The van der Waals surface area contributed by atoms with E-state index in [2.05, 4.69) is 15.3 Å². The molecule has 0 aliphatic carbocycles. The summed E-state index contributed by atoms with van der Waals surface area (Å²) >= 11 is 7.15. The van der Waals surface area contributed by atoms with Crippen molar-refractivity contribution < 1.29 is 14.7 Å². The molecule has 0 aliphatic rings. The lowest BCUT2D eigenvalue weighted by Crippen LogP contribution is -2.49. The van der Waals surface area contributed by atoms with Crippen LogP contribution in [-0.2, 0) is 4.79 Å². The number of aliphatic carboxylic acids is 1. The zero-order valence-electron chi connectivity index (χ0n) is 11.6. The van der Waals surface area contributed by atoms with E-state index in [-0.39, 0.29) is 10.7 Å². The predicted molar refractivity (Wildman–Crippen MR) is 77.2 cm³/mol. The molecule has 0 fully saturated rings. The van der Waals surface area contributed by atoms with Gasteiger partial charge in [0.25, 0.3) is 5.91 Å². The highest BCUT2D eigenvalue weighted by atomic mass is 35.5. The normalized spacial score (nSPS) is 12.8. The monoisotopic (exact) mass is 317 g/mol. The smallest absolute Gasteiger partial charge is 0.326 e. The number of carboxylic acid groups (broad SMARTS) is 1. The van der Waals surface area contributed by atoms with Gasteiger partial charge in [0.05, 0.1) is 11.2 Å². The molecule has 1 amide bonds. The minimum Gasteiger partial charge on any atom is -0.480 e. The van der Waals surface area contributed by atoms with E-state index in [1.807, 2.05) is 0 Å². The Hall–Kier alpha value is -1.34. The van der Waals surface area contributed by atoms with Gasteiger partial charge in [0, 0.05) is 0 Å². The summed E-state index contributed by atoms with van der Waals surface area (Å²) in [5.74, 6) is -1.74. The largest absolute Gasteiger partial charge is 0.480 e. The second-order valence-electron chi connectivity index (χ2n) is 5.16. The number of halogens is 1. The summed E-state index contributed by atoms with van der Waals surface area (Å²) in [4.78, 5) is 31.3. The number of carbonyl (C=O) groups is 2. The predicted octanol–water partition coefficient (Wildman–Crippen LogP) is 2.08. The maximum atomic E-state index is 12.1. The average molecular weight is 318 g/mol. The Bertz CT molecular complexity index is 531. The van der Waals surface area contributed by atoms with E-state index < -0.39 is 23.3 Å². The molecule has 1 aromatic rings. The molecular formula is C12H16ClN3O3S. The molecule has 110 valence electrons. The molecule has 0 radical (unpaired) electrons. The van der Waals surface area contributed by atoms with Crippen molar-refractivity contribution in [1.29, 1.82) is 0 Å². The zero-order chi connectivity index (χ0) is 15.5. The molecule has 2 N–H and O–H groups in total. The first-order chi connectivity index (χ1) is 9.16. The summed E-state index contributed by atoms with van der Waals surface area (Å²) in [6.45, 7) is 5.17. The van der Waals surface area contributed by atoms with Crippen LogP contribution in [0.15, 0.2) is 11.4 Å². The molecule has 0 aliphatic heterocycles. The number of carbonyl (C=O) groups excluding carboxylic acids is 1. The first-order valence-corrected chi connectivity index (χ1v) is 7.37. The minimum absolute atomic E-state index is 0.0264. The van der Waals surface area contributed by atoms with Crippen molar-refractivity contribution in [2.45, 2.75) is 32.0 Å². The molecule has 8 heteroatoms. The molecule has 1 aromatic heterocycles. The van der Waals surface area contributed by atoms with Gasteiger partial charge in [0.2, 0.25) is 0 Å². The Morgan fingerprint density at radius 2 is 2.05 bits per heavy atom. The van der Waals surface area contributed by atoms with Crippen molar-refractivity contribution in [3.63, 3.8) is 0 Å². The van der Waals surface area contributed by atoms with Crippen molar-refractivity contribution in [1.82, 2.24) is 15.3 Å². The number of thioether (sulfide) groups is 1. The van der Waals surface area contributed by atoms with E-state index >= 15 is 0 Å². The number of hydrogen-bond acceptors (Lipinski definition) is 5. The van der Waals surface area contributed by atoms with Gasteiger partial charge in [-0.05, 0) is 11.7 Å². The Balaban J connectivity index is 3.03. The van der Waals surface area contributed by atoms with E-state index in [1.165, 1.54) is 18.0 Å². The highest BCUT2D eigenvalue weighted by Crippen LogP contribution is 2.21. The first-order valence-electron chi connectivity index (χ1n) is 5.77. The summed E-state index contributed by atoms with van der Waals surface area (Å²) in [6.07, 6.45) is 3.09. The second-order valence-corrected chi connectivity index (χ2v) is 6.34. The van der Waals surface area contributed by atoms with Gasteiger partial charge in [-0.2, -0.15) is 0 Å². The van der Waals surface area contributed by atoms with Crippen LogP contribution >= 0.6 is 23.4 Å². The van der Waals surface area contributed by atoms with Gasteiger partial charge < -0.3 is 10.4 Å². The molecule has 6 nitrogen and oxygen atoms in total. The fourth-order valence-corrected chi connectivity index (χ4v) is 1.97. The lowest BCUT2D eigenvalue weighted by Gasteiger charge is -2.27. The molecule has 0 aromatic carbocycles. The third-order valence-electron chi connectivity index (χ3n) is 2.51. The molecule has 0 bridgehead atoms. The Morgan fingerprint density at radius 1 is 1.45 bits per heavy atom. The Labute approximate surface area is 126 Å². The summed E-state index contributed by atoms with van der Waals surface area (Å²) in [5, 5.41) is 12.1. The zero-order valence-corrected chi connectivity index (χ0v) is 13.2. The third kappa shape index (κ3) is 4.08. The number of nitrogens with one attached hydrogen (secondary N) is 1. The molecule has 0 spiro atoms. The third-order valence-corrected chi connectivity index (χ3v) is 3.35. The summed E-state index contributed by atoms with van der Waals surface area (Å²) in [5.41, 5.74) is -0.662. The van der Waals surface area contributed by atoms with Gasteiger partial charge in [-0.15, -0.1) is 0 Å². The highest BCUT2D eigenvalue weighted by molar-refractivity contribution is 7.98. The average Bonchev–Trinajstić information content (AvgIpc) is 2.34. The molecule has 0 saturated carbocycles. The molecule has 0 saturated heterocycles. The van der Waals surface area contributed by atoms with Gasteiger partial charge in [0.15, 0.2) is 10.9 Å². The highest BCUT2D eigenvalue weighted by Gasteiger charge is 2.33. The SMILES string of the molecule is CSc1ncc(Cl)c(C(=O)N[C@H](C(=O)O)C(C)(C)C)n1. The molecular weight excluding hydrogens is 302 g/mol. The van der Waals surface area contributed by atoms with E-state index in [0.717, 1.165) is 0 Å². The number of carboxylic acids is 1. The fourth-order valence-electron chi connectivity index (χ4n) is 1.46. The maximum Gasteiger partial charge on any atom is 0.326 e. The van der Waals surface area contributed by atoms with Gasteiger partial charge >= 0.3 is 5.97 Å². The number of rotatable bonds is 4. The van der Waals surface area contributed by atoms with Gasteiger partial charge in [-0.1, -0.05) is 44.1 Å². The van der Waals surface area contributed by atoms with Gasteiger partial charge in [-0.25, -0.2) is 14.8 Å². The Morgan fingerprint density at radius 3 is 2.50 bits per heavy atom. The number of amides is 1. The second kappa shape index (κ2) is 6.41. The fraction of sp³-hybridized carbons (Fsp3) is 0.500. The first kappa shape index (κ1) is 16.7. The standard InChI is InChI=1S/C12H16ClN3O3S/c1-12(2,3)8(10(18)19)16-9(17)7-6(13)5-14-11(15-7)20-4/h5,8H,1-4H3,(H,16,17)(H,18,19)/t8-/m1/s1. The lowest BCUT2D eigenvalue weighted by molar-refractivity contribution is -0.142. The minimum atomic E-state index is -1.11. The maximum absolute atomic E-state index is 12.1. The Kier molecular flexibility index (Phi) is 5.35. The number of aromatic nitrogens is 2. The molecule has 20 heavy (non-hydrogen) atoms. The van der Waals surface area contributed by atoms with Crippen LogP contribution < -0.4 is 5.32 Å². The van der Waals surface area contributed by atoms with Crippen LogP contribution in [0.1, 0.15) is 31.3 Å². The van der Waals surface area contributed by atoms with Crippen LogP contribution in [0.5, 0.6) is 0 Å². The van der Waals surface area contributed by atoms with Crippen LogP contribution in [0.3, 0.4) is 0 Å².